The van der Waals surface area contributed by atoms with Gasteiger partial charge in [0.15, 0.2) is 11.6 Å². The van der Waals surface area contributed by atoms with Crippen LogP contribution in [0.5, 0.6) is 11.5 Å². The molecule has 4 aromatic rings. The number of phenolic OH excluding ortho intramolecular Hbond substituents is 1. The molecule has 0 aromatic heterocycles. The second-order valence-electron chi connectivity index (χ2n) is 13.5. The van der Waals surface area contributed by atoms with Crippen LogP contribution in [0.15, 0.2) is 108 Å². The van der Waals surface area contributed by atoms with Gasteiger partial charge in [-0.25, -0.2) is 9.29 Å². The van der Waals surface area contributed by atoms with Gasteiger partial charge in [-0.3, -0.25) is 9.59 Å². The standard InChI is InChI=1S/C41H32F7NO5/c42-33-16-23(11-13-34(33)50)15-25(24-7-3-1-4-8-24)12-14-35-36-26(21-53-30-9-5-2-6-10-30)17-31-37(32(36)22-54-35)39(52)49(38(31)51)29-19-27(40(43,44)45)18-28(20-29)41(46,47)48/h1-11,13,15-16,18-20,31-32,35,37,50H,12,14,17,21-22H2/b25-15-/t31-,32+,35-,37-/m1/s1. The number of alkyl halides is 6. The van der Waals surface area contributed by atoms with E-state index in [1.54, 1.807) is 42.5 Å². The zero-order valence-electron chi connectivity index (χ0n) is 28.3. The van der Waals surface area contributed by atoms with Crippen molar-refractivity contribution >= 4 is 29.2 Å². The number of phenols is 1. The Morgan fingerprint density at radius 3 is 2.11 bits per heavy atom. The van der Waals surface area contributed by atoms with E-state index in [9.17, 15) is 45.4 Å². The number of halogens is 7. The Hall–Kier alpha value is -5.43. The van der Waals surface area contributed by atoms with E-state index in [4.69, 9.17) is 9.47 Å². The molecule has 6 nitrogen and oxygen atoms in total. The van der Waals surface area contributed by atoms with Crippen molar-refractivity contribution in [3.63, 3.8) is 0 Å². The first-order valence-corrected chi connectivity index (χ1v) is 17.1. The summed E-state index contributed by atoms with van der Waals surface area (Å²) < 4.78 is 109. The number of aromatic hydroxyl groups is 1. The molecule has 0 radical (unpaired) electrons. The summed E-state index contributed by atoms with van der Waals surface area (Å²) in [7, 11) is 0. The molecular formula is C41H32F7NO5. The molecule has 0 saturated carbocycles. The van der Waals surface area contributed by atoms with Crippen LogP contribution < -0.4 is 9.64 Å². The van der Waals surface area contributed by atoms with Gasteiger partial charge >= 0.3 is 12.4 Å². The van der Waals surface area contributed by atoms with Crippen molar-refractivity contribution in [1.82, 2.24) is 0 Å². The summed E-state index contributed by atoms with van der Waals surface area (Å²) in [6.07, 6.45) is -8.41. The third-order valence-electron chi connectivity index (χ3n) is 10.1. The fourth-order valence-corrected chi connectivity index (χ4v) is 7.67. The molecule has 3 aliphatic rings. The topological polar surface area (TPSA) is 76.1 Å². The molecule has 13 heteroatoms. The van der Waals surface area contributed by atoms with Gasteiger partial charge in [0.25, 0.3) is 0 Å². The van der Waals surface area contributed by atoms with Crippen molar-refractivity contribution in [2.24, 2.45) is 17.8 Å². The number of para-hydroxylation sites is 1. The van der Waals surface area contributed by atoms with Gasteiger partial charge < -0.3 is 14.6 Å². The Bertz CT molecular complexity index is 2100. The molecule has 2 fully saturated rings. The van der Waals surface area contributed by atoms with Gasteiger partial charge in [0.2, 0.25) is 11.8 Å². The first kappa shape index (κ1) is 36.9. The second kappa shape index (κ2) is 14.4. The molecule has 0 unspecified atom stereocenters. The summed E-state index contributed by atoms with van der Waals surface area (Å²) in [5.74, 6) is -5.41. The van der Waals surface area contributed by atoms with Crippen LogP contribution in [-0.4, -0.2) is 36.2 Å². The van der Waals surface area contributed by atoms with Crippen molar-refractivity contribution in [3.05, 3.63) is 136 Å². The number of benzene rings is 4. The normalized spacial score (nSPS) is 21.8. The monoisotopic (exact) mass is 751 g/mol. The van der Waals surface area contributed by atoms with Gasteiger partial charge in [-0.1, -0.05) is 60.7 Å². The smallest absolute Gasteiger partial charge is 0.416 e. The quantitative estimate of drug-likeness (QED) is 0.0799. The molecule has 2 amide bonds. The van der Waals surface area contributed by atoms with Crippen LogP contribution >= 0.6 is 0 Å². The predicted octanol–water partition coefficient (Wildman–Crippen LogP) is 9.49. The lowest BCUT2D eigenvalue weighted by Crippen LogP contribution is -2.35. The number of amides is 2. The van der Waals surface area contributed by atoms with Gasteiger partial charge in [0.05, 0.1) is 41.4 Å². The average Bonchev–Trinajstić information content (AvgIpc) is 3.68. The van der Waals surface area contributed by atoms with Gasteiger partial charge in [0, 0.05) is 5.92 Å². The van der Waals surface area contributed by atoms with Gasteiger partial charge in [-0.15, -0.1) is 0 Å². The van der Waals surface area contributed by atoms with Crippen LogP contribution in [0.3, 0.4) is 0 Å². The fourth-order valence-electron chi connectivity index (χ4n) is 7.67. The number of rotatable bonds is 9. The van der Waals surface area contributed by atoms with Crippen molar-refractivity contribution in [3.8, 4) is 11.5 Å². The van der Waals surface area contributed by atoms with Crippen LogP contribution in [0, 0.1) is 23.6 Å². The Morgan fingerprint density at radius 2 is 1.48 bits per heavy atom. The van der Waals surface area contributed by atoms with E-state index in [1.165, 1.54) is 12.1 Å². The lowest BCUT2D eigenvalue weighted by Gasteiger charge is -2.31. The Labute approximate surface area is 305 Å². The van der Waals surface area contributed by atoms with Crippen molar-refractivity contribution in [2.75, 3.05) is 18.1 Å². The van der Waals surface area contributed by atoms with Crippen molar-refractivity contribution < 1.29 is 54.9 Å². The lowest BCUT2D eigenvalue weighted by atomic mass is 9.69. The van der Waals surface area contributed by atoms with Crippen LogP contribution in [-0.2, 0) is 26.7 Å². The minimum Gasteiger partial charge on any atom is -0.505 e. The Morgan fingerprint density at radius 1 is 0.833 bits per heavy atom. The zero-order valence-corrected chi connectivity index (χ0v) is 28.3. The minimum atomic E-state index is -5.18. The number of fused-ring (bicyclic) bond motifs is 3. The number of imide groups is 1. The summed E-state index contributed by atoms with van der Waals surface area (Å²) >= 11 is 0. The number of hydrogen-bond acceptors (Lipinski definition) is 5. The van der Waals surface area contributed by atoms with Gasteiger partial charge in [-0.05, 0) is 89.6 Å². The van der Waals surface area contributed by atoms with Crippen LogP contribution in [0.25, 0.3) is 11.6 Å². The van der Waals surface area contributed by atoms with Gasteiger partial charge in [-0.2, -0.15) is 26.3 Å². The van der Waals surface area contributed by atoms with Crippen LogP contribution in [0.1, 0.15) is 41.5 Å². The number of carbonyl (C=O) groups is 2. The summed E-state index contributed by atoms with van der Waals surface area (Å²) in [5.41, 5.74) is -0.557. The molecular weight excluding hydrogens is 719 g/mol. The largest absolute Gasteiger partial charge is 0.505 e. The fraction of sp³-hybridized carbons (Fsp3) is 0.268. The lowest BCUT2D eigenvalue weighted by molar-refractivity contribution is -0.143. The van der Waals surface area contributed by atoms with Crippen molar-refractivity contribution in [1.29, 1.82) is 0 Å². The van der Waals surface area contributed by atoms with Crippen LogP contribution in [0.2, 0.25) is 0 Å². The summed E-state index contributed by atoms with van der Waals surface area (Å²) in [4.78, 5) is 28.5. The number of nitrogens with zero attached hydrogens (tertiary/aromatic N) is 1. The first-order valence-electron chi connectivity index (χ1n) is 17.1. The molecule has 4 aromatic carbocycles. The number of allylic oxidation sites excluding steroid dienone is 1. The third kappa shape index (κ3) is 7.37. The van der Waals surface area contributed by atoms with Gasteiger partial charge in [0.1, 0.15) is 12.4 Å². The molecule has 0 spiro atoms. The van der Waals surface area contributed by atoms with Crippen LogP contribution in [0.4, 0.5) is 36.4 Å². The molecule has 54 heavy (non-hydrogen) atoms. The van der Waals surface area contributed by atoms with Crippen molar-refractivity contribution in [2.45, 2.75) is 37.7 Å². The average molecular weight is 752 g/mol. The first-order chi connectivity index (χ1) is 25.7. The molecule has 7 rings (SSSR count). The van der Waals surface area contributed by atoms with E-state index in [0.29, 0.717) is 52.3 Å². The second-order valence-corrected chi connectivity index (χ2v) is 13.5. The van der Waals surface area contributed by atoms with E-state index >= 15 is 0 Å². The minimum absolute atomic E-state index is 0.00363. The number of carbonyl (C=O) groups excluding carboxylic acids is 2. The highest BCUT2D eigenvalue weighted by Crippen LogP contribution is 2.51. The maximum atomic E-state index is 14.3. The summed E-state index contributed by atoms with van der Waals surface area (Å²) in [5, 5.41) is 9.70. The summed E-state index contributed by atoms with van der Waals surface area (Å²) in [6.45, 7) is -0.0246. The number of anilines is 1. The molecule has 1 aliphatic carbocycles. The van der Waals surface area contributed by atoms with E-state index in [1.807, 2.05) is 30.3 Å². The SMILES string of the molecule is O=C1[C@@H]2[C@@H](CC(COc3ccccc3)=C3[C@@H](CC/C(=C/c4ccc(O)c(F)c4)c4ccccc4)OC[C@@H]32)C(=O)N1c1cc(C(F)(F)F)cc(C(F)(F)F)c1. The molecule has 2 aliphatic heterocycles. The van der Waals surface area contributed by atoms with E-state index < -0.39 is 76.4 Å². The number of hydrogen-bond donors (Lipinski definition) is 1. The van der Waals surface area contributed by atoms with E-state index in [2.05, 4.69) is 0 Å². The molecule has 2 heterocycles. The van der Waals surface area contributed by atoms with E-state index in [0.717, 1.165) is 11.1 Å². The molecule has 2 saturated heterocycles. The zero-order chi connectivity index (χ0) is 38.4. The Kier molecular flexibility index (Phi) is 9.86. The van der Waals surface area contributed by atoms with E-state index in [-0.39, 0.29) is 25.7 Å². The molecule has 0 bridgehead atoms. The highest BCUT2D eigenvalue weighted by molar-refractivity contribution is 6.22. The Balaban J connectivity index is 1.23. The maximum Gasteiger partial charge on any atom is 0.416 e. The highest BCUT2D eigenvalue weighted by atomic mass is 19.4. The third-order valence-corrected chi connectivity index (χ3v) is 10.1. The molecule has 280 valence electrons. The maximum absolute atomic E-state index is 14.3. The molecule has 4 atom stereocenters. The highest BCUT2D eigenvalue weighted by Gasteiger charge is 2.58. The molecule has 1 N–H and O–H groups in total. The predicted molar refractivity (Wildman–Crippen MR) is 184 cm³/mol. The number of ether oxygens (including phenoxy) is 2. The summed E-state index contributed by atoms with van der Waals surface area (Å²) in [6, 6.07) is 22.9.